The fraction of sp³-hybridized carbons (Fsp3) is 0.0769. The van der Waals surface area contributed by atoms with E-state index in [0.29, 0.717) is 10.0 Å². The Kier molecular flexibility index (Phi) is 4.85. The molecular weight excluding hydrogens is 401 g/mol. The Bertz CT molecular complexity index is 650. The van der Waals surface area contributed by atoms with Crippen LogP contribution < -0.4 is 11.3 Å². The van der Waals surface area contributed by atoms with Gasteiger partial charge >= 0.3 is 0 Å². The van der Waals surface area contributed by atoms with Crippen molar-refractivity contribution in [1.82, 2.24) is 5.43 Å². The molecule has 7 heteroatoms. The van der Waals surface area contributed by atoms with Crippen molar-refractivity contribution in [3.05, 3.63) is 67.9 Å². The Morgan fingerprint density at radius 1 is 1.00 bits per heavy atom. The van der Waals surface area contributed by atoms with Crippen LogP contribution in [0.5, 0.6) is 0 Å². The van der Waals surface area contributed by atoms with Crippen LogP contribution in [0, 0.1) is 17.5 Å². The number of benzene rings is 2. The van der Waals surface area contributed by atoms with Crippen LogP contribution in [0.4, 0.5) is 13.2 Å². The van der Waals surface area contributed by atoms with Crippen LogP contribution in [-0.4, -0.2) is 0 Å². The first-order chi connectivity index (χ1) is 9.45. The number of hydrogen-bond donors (Lipinski definition) is 2. The maximum absolute atomic E-state index is 14.1. The number of hydrogen-bond acceptors (Lipinski definition) is 2. The number of hydrazine groups is 1. The fourth-order valence-corrected chi connectivity index (χ4v) is 2.69. The fourth-order valence-electron chi connectivity index (χ4n) is 1.87. The van der Waals surface area contributed by atoms with Crippen molar-refractivity contribution in [1.29, 1.82) is 0 Å². The van der Waals surface area contributed by atoms with Gasteiger partial charge in [-0.05, 0) is 51.8 Å². The van der Waals surface area contributed by atoms with E-state index in [1.54, 1.807) is 0 Å². The standard InChI is InChI=1S/C13H9Br2F3N2/c14-8-2-1-6(16)5-7(8)13(20-19)11-10(17)4-3-9(15)12(11)18/h1-5,13,20H,19H2. The average Bonchev–Trinajstić information content (AvgIpc) is 2.42. The summed E-state index contributed by atoms with van der Waals surface area (Å²) in [4.78, 5) is 0. The molecule has 0 radical (unpaired) electrons. The lowest BCUT2D eigenvalue weighted by Crippen LogP contribution is -2.30. The number of halogens is 5. The zero-order valence-electron chi connectivity index (χ0n) is 9.93. The molecule has 0 bridgehead atoms. The molecule has 0 aliphatic carbocycles. The van der Waals surface area contributed by atoms with Gasteiger partial charge in [0.05, 0.1) is 10.5 Å². The van der Waals surface area contributed by atoms with Gasteiger partial charge in [0.15, 0.2) is 0 Å². The van der Waals surface area contributed by atoms with E-state index in [4.69, 9.17) is 5.84 Å². The molecule has 0 saturated carbocycles. The van der Waals surface area contributed by atoms with Gasteiger partial charge in [0.2, 0.25) is 0 Å². The van der Waals surface area contributed by atoms with E-state index >= 15 is 0 Å². The van der Waals surface area contributed by atoms with Crippen LogP contribution in [-0.2, 0) is 0 Å². The van der Waals surface area contributed by atoms with Crippen molar-refractivity contribution in [2.45, 2.75) is 6.04 Å². The first-order valence-corrected chi connectivity index (χ1v) is 7.08. The Hall–Kier alpha value is -0.890. The lowest BCUT2D eigenvalue weighted by molar-refractivity contribution is 0.505. The minimum Gasteiger partial charge on any atom is -0.271 e. The lowest BCUT2D eigenvalue weighted by Gasteiger charge is -2.20. The van der Waals surface area contributed by atoms with Gasteiger partial charge in [-0.2, -0.15) is 0 Å². The Morgan fingerprint density at radius 3 is 2.30 bits per heavy atom. The van der Waals surface area contributed by atoms with E-state index in [1.807, 2.05) is 0 Å². The van der Waals surface area contributed by atoms with Crippen LogP contribution in [0.3, 0.4) is 0 Å². The quantitative estimate of drug-likeness (QED) is 0.453. The molecule has 0 fully saturated rings. The Labute approximate surface area is 130 Å². The minimum atomic E-state index is -1.03. The zero-order valence-corrected chi connectivity index (χ0v) is 13.1. The van der Waals surface area contributed by atoms with Crippen LogP contribution in [0.2, 0.25) is 0 Å². The molecule has 0 amide bonds. The normalized spacial score (nSPS) is 12.5. The van der Waals surface area contributed by atoms with Gasteiger partial charge in [0, 0.05) is 10.0 Å². The smallest absolute Gasteiger partial charge is 0.145 e. The summed E-state index contributed by atoms with van der Waals surface area (Å²) in [7, 11) is 0. The van der Waals surface area contributed by atoms with Crippen LogP contribution in [0.15, 0.2) is 39.3 Å². The largest absolute Gasteiger partial charge is 0.271 e. The molecule has 20 heavy (non-hydrogen) atoms. The Morgan fingerprint density at radius 2 is 1.65 bits per heavy atom. The van der Waals surface area contributed by atoms with Crippen LogP contribution in [0.1, 0.15) is 17.2 Å². The summed E-state index contributed by atoms with van der Waals surface area (Å²) in [6, 6.07) is 5.17. The molecule has 1 unspecified atom stereocenters. The SMILES string of the molecule is NNC(c1cc(F)ccc1Br)c1c(F)ccc(Br)c1F. The molecule has 3 N–H and O–H groups in total. The molecule has 0 aromatic heterocycles. The highest BCUT2D eigenvalue weighted by atomic mass is 79.9. The summed E-state index contributed by atoms with van der Waals surface area (Å²) in [6.07, 6.45) is 0. The lowest BCUT2D eigenvalue weighted by atomic mass is 9.98. The van der Waals surface area contributed by atoms with Gasteiger partial charge in [-0.15, -0.1) is 0 Å². The summed E-state index contributed by atoms with van der Waals surface area (Å²) in [5.74, 6) is 3.31. The van der Waals surface area contributed by atoms with Crippen LogP contribution in [0.25, 0.3) is 0 Å². The zero-order chi connectivity index (χ0) is 14.9. The second-order valence-corrected chi connectivity index (χ2v) is 5.73. The summed E-state index contributed by atoms with van der Waals surface area (Å²) in [5.41, 5.74) is 2.32. The molecular formula is C13H9Br2F3N2. The van der Waals surface area contributed by atoms with Gasteiger partial charge in [0.1, 0.15) is 17.5 Å². The van der Waals surface area contributed by atoms with Crippen molar-refractivity contribution in [2.24, 2.45) is 5.84 Å². The third-order valence-electron chi connectivity index (χ3n) is 2.80. The molecule has 2 aromatic rings. The van der Waals surface area contributed by atoms with E-state index in [0.717, 1.165) is 12.1 Å². The average molecular weight is 410 g/mol. The molecule has 0 heterocycles. The summed E-state index contributed by atoms with van der Waals surface area (Å²) < 4.78 is 42.0. The third kappa shape index (κ3) is 2.90. The topological polar surface area (TPSA) is 38.0 Å². The van der Waals surface area contributed by atoms with Crippen molar-refractivity contribution >= 4 is 31.9 Å². The minimum absolute atomic E-state index is 0.0988. The molecule has 2 rings (SSSR count). The number of nitrogens with one attached hydrogen (secondary N) is 1. The molecule has 0 aliphatic rings. The molecule has 0 saturated heterocycles. The van der Waals surface area contributed by atoms with Crippen molar-refractivity contribution in [3.8, 4) is 0 Å². The maximum Gasteiger partial charge on any atom is 0.145 e. The number of rotatable bonds is 3. The highest BCUT2D eigenvalue weighted by Crippen LogP contribution is 2.33. The molecule has 0 spiro atoms. The third-order valence-corrected chi connectivity index (χ3v) is 4.14. The van der Waals surface area contributed by atoms with Crippen molar-refractivity contribution < 1.29 is 13.2 Å². The van der Waals surface area contributed by atoms with Gasteiger partial charge in [0.25, 0.3) is 0 Å². The highest BCUT2D eigenvalue weighted by molar-refractivity contribution is 9.10. The predicted octanol–water partition coefficient (Wildman–Crippen LogP) is 4.18. The van der Waals surface area contributed by atoms with E-state index < -0.39 is 23.5 Å². The van der Waals surface area contributed by atoms with Gasteiger partial charge in [-0.25, -0.2) is 18.6 Å². The van der Waals surface area contributed by atoms with E-state index in [2.05, 4.69) is 37.3 Å². The van der Waals surface area contributed by atoms with Gasteiger partial charge in [-0.1, -0.05) is 15.9 Å². The van der Waals surface area contributed by atoms with E-state index in [-0.39, 0.29) is 10.0 Å². The van der Waals surface area contributed by atoms with Gasteiger partial charge in [-0.3, -0.25) is 5.84 Å². The molecule has 2 aromatic carbocycles. The second kappa shape index (κ2) is 6.26. The second-order valence-electron chi connectivity index (χ2n) is 4.02. The van der Waals surface area contributed by atoms with E-state index in [1.165, 1.54) is 18.2 Å². The molecule has 0 aliphatic heterocycles. The van der Waals surface area contributed by atoms with Crippen LogP contribution >= 0.6 is 31.9 Å². The molecule has 2 nitrogen and oxygen atoms in total. The monoisotopic (exact) mass is 408 g/mol. The first kappa shape index (κ1) is 15.5. The highest BCUT2D eigenvalue weighted by Gasteiger charge is 2.24. The molecule has 106 valence electrons. The van der Waals surface area contributed by atoms with Gasteiger partial charge < -0.3 is 0 Å². The van der Waals surface area contributed by atoms with Crippen molar-refractivity contribution in [2.75, 3.05) is 0 Å². The summed E-state index contributed by atoms with van der Waals surface area (Å²) in [5, 5.41) is 0. The Balaban J connectivity index is 2.64. The molecule has 1 atom stereocenters. The first-order valence-electron chi connectivity index (χ1n) is 5.50. The predicted molar refractivity (Wildman–Crippen MR) is 77.3 cm³/mol. The summed E-state index contributed by atoms with van der Waals surface area (Å²) >= 11 is 6.21. The maximum atomic E-state index is 14.1. The number of nitrogens with two attached hydrogens (primary N) is 1. The van der Waals surface area contributed by atoms with Crippen molar-refractivity contribution in [3.63, 3.8) is 0 Å². The summed E-state index contributed by atoms with van der Waals surface area (Å²) in [6.45, 7) is 0. The van der Waals surface area contributed by atoms with E-state index in [9.17, 15) is 13.2 Å².